The predicted molar refractivity (Wildman–Crippen MR) is 116 cm³/mol. The molecular weight excluding hydrogens is 421 g/mol. The van der Waals surface area contributed by atoms with Crippen LogP contribution in [0.4, 0.5) is 18.9 Å². The Bertz CT molecular complexity index is 1390. The van der Waals surface area contributed by atoms with Crippen LogP contribution in [0.15, 0.2) is 82.6 Å². The number of halogens is 3. The molecule has 0 amide bonds. The predicted octanol–water partition coefficient (Wildman–Crippen LogP) is 5.47. The number of ether oxygens (including phenoxy) is 1. The molecule has 0 atom stereocenters. The number of para-hydroxylation sites is 2. The summed E-state index contributed by atoms with van der Waals surface area (Å²) in [6.45, 7) is 0. The van der Waals surface area contributed by atoms with Crippen molar-refractivity contribution in [3.63, 3.8) is 0 Å². The van der Waals surface area contributed by atoms with Crippen LogP contribution in [0.25, 0.3) is 16.5 Å². The fraction of sp³-hybridized carbons (Fsp3) is 0.0833. The summed E-state index contributed by atoms with van der Waals surface area (Å²) in [5, 5.41) is 11.6. The van der Waals surface area contributed by atoms with Gasteiger partial charge in [-0.3, -0.25) is 9.79 Å². The molecule has 162 valence electrons. The Kier molecular flexibility index (Phi) is 5.44. The summed E-state index contributed by atoms with van der Waals surface area (Å²) in [7, 11) is 1.50. The number of alkyl halides is 3. The van der Waals surface area contributed by atoms with Crippen LogP contribution in [0.5, 0.6) is 11.6 Å². The third-order valence-corrected chi connectivity index (χ3v) is 4.95. The summed E-state index contributed by atoms with van der Waals surface area (Å²) in [4.78, 5) is 17.5. The van der Waals surface area contributed by atoms with E-state index in [9.17, 15) is 23.1 Å². The Balaban J connectivity index is 1.97. The normalized spacial score (nSPS) is 11.9. The largest absolute Gasteiger partial charge is 0.494 e. The highest BCUT2D eigenvalue weighted by molar-refractivity contribution is 6.02. The van der Waals surface area contributed by atoms with Crippen molar-refractivity contribution in [3.05, 3.63) is 94.3 Å². The molecule has 0 spiro atoms. The van der Waals surface area contributed by atoms with E-state index in [2.05, 4.69) is 4.99 Å². The first-order chi connectivity index (χ1) is 15.3. The zero-order valence-electron chi connectivity index (χ0n) is 16.8. The number of aliphatic imine (C=N–C) groups is 1. The molecule has 4 aromatic rings. The van der Waals surface area contributed by atoms with Crippen molar-refractivity contribution in [2.75, 3.05) is 7.11 Å². The van der Waals surface area contributed by atoms with E-state index in [-0.39, 0.29) is 16.6 Å². The maximum absolute atomic E-state index is 13.2. The average Bonchev–Trinajstić information content (AvgIpc) is 2.79. The summed E-state index contributed by atoms with van der Waals surface area (Å²) in [6.07, 6.45) is -3.24. The Morgan fingerprint density at radius 3 is 2.38 bits per heavy atom. The SMILES string of the molecule is COc1ccccc1N=Cc1c(O)n(-c2cccc(C(F)(F)F)c2)c(=O)c2ccccc12. The van der Waals surface area contributed by atoms with Gasteiger partial charge in [-0.25, -0.2) is 4.57 Å². The van der Waals surface area contributed by atoms with Crippen LogP contribution in [0.1, 0.15) is 11.1 Å². The van der Waals surface area contributed by atoms with Crippen molar-refractivity contribution in [1.29, 1.82) is 0 Å². The molecule has 0 bridgehead atoms. The molecular formula is C24H17F3N2O3. The maximum Gasteiger partial charge on any atom is 0.416 e. The molecule has 0 saturated carbocycles. The Labute approximate surface area is 180 Å². The second-order valence-electron chi connectivity index (χ2n) is 6.90. The Hall–Kier alpha value is -4.07. The van der Waals surface area contributed by atoms with Gasteiger partial charge in [-0.1, -0.05) is 36.4 Å². The van der Waals surface area contributed by atoms with Crippen molar-refractivity contribution < 1.29 is 23.0 Å². The number of fused-ring (bicyclic) bond motifs is 1. The van der Waals surface area contributed by atoms with E-state index >= 15 is 0 Å². The number of aromatic nitrogens is 1. The minimum atomic E-state index is -4.60. The van der Waals surface area contributed by atoms with Crippen LogP contribution in [0.3, 0.4) is 0 Å². The van der Waals surface area contributed by atoms with Crippen molar-refractivity contribution in [1.82, 2.24) is 4.57 Å². The summed E-state index contributed by atoms with van der Waals surface area (Å²) < 4.78 is 45.8. The summed E-state index contributed by atoms with van der Waals surface area (Å²) >= 11 is 0. The van der Waals surface area contributed by atoms with E-state index < -0.39 is 23.2 Å². The topological polar surface area (TPSA) is 63.8 Å². The quantitative estimate of drug-likeness (QED) is 0.430. The first-order valence-electron chi connectivity index (χ1n) is 9.52. The molecule has 0 saturated heterocycles. The van der Waals surface area contributed by atoms with Gasteiger partial charge in [0.2, 0.25) is 5.88 Å². The lowest BCUT2D eigenvalue weighted by atomic mass is 10.1. The summed E-state index contributed by atoms with van der Waals surface area (Å²) in [5.74, 6) is -0.0228. The van der Waals surface area contributed by atoms with E-state index in [4.69, 9.17) is 4.74 Å². The van der Waals surface area contributed by atoms with Gasteiger partial charge in [0.1, 0.15) is 11.4 Å². The molecule has 0 fully saturated rings. The lowest BCUT2D eigenvalue weighted by Gasteiger charge is -2.15. The summed E-state index contributed by atoms with van der Waals surface area (Å²) in [5.41, 5.74) is -1.02. The first-order valence-corrected chi connectivity index (χ1v) is 9.52. The third kappa shape index (κ3) is 3.82. The Morgan fingerprint density at radius 1 is 0.969 bits per heavy atom. The van der Waals surface area contributed by atoms with Crippen molar-refractivity contribution >= 4 is 22.7 Å². The standard InChI is InChI=1S/C24H17F3N2O3/c1-32-21-12-5-4-11-20(21)28-14-19-17-9-2-3-10-18(17)22(30)29(23(19)31)16-8-6-7-15(13-16)24(25,26)27/h2-14,31H,1H3. The van der Waals surface area contributed by atoms with Gasteiger partial charge in [-0.2, -0.15) is 13.2 Å². The lowest BCUT2D eigenvalue weighted by molar-refractivity contribution is -0.137. The number of benzene rings is 3. The van der Waals surface area contributed by atoms with Gasteiger partial charge in [0, 0.05) is 17.0 Å². The van der Waals surface area contributed by atoms with Crippen LogP contribution in [0, 0.1) is 0 Å². The fourth-order valence-electron chi connectivity index (χ4n) is 3.42. The van der Waals surface area contributed by atoms with Crippen molar-refractivity contribution in [2.45, 2.75) is 6.18 Å². The number of rotatable bonds is 4. The minimum Gasteiger partial charge on any atom is -0.494 e. The molecule has 3 aromatic carbocycles. The smallest absolute Gasteiger partial charge is 0.416 e. The second-order valence-corrected chi connectivity index (χ2v) is 6.90. The number of hydrogen-bond donors (Lipinski definition) is 1. The van der Waals surface area contributed by atoms with Crippen molar-refractivity contribution in [3.8, 4) is 17.3 Å². The molecule has 5 nitrogen and oxygen atoms in total. The molecule has 4 rings (SSSR count). The van der Waals surface area contributed by atoms with E-state index in [0.717, 1.165) is 16.7 Å². The molecule has 0 aliphatic heterocycles. The number of hydrogen-bond acceptors (Lipinski definition) is 4. The zero-order chi connectivity index (χ0) is 22.9. The van der Waals surface area contributed by atoms with Crippen LogP contribution in [-0.2, 0) is 6.18 Å². The molecule has 0 aliphatic rings. The number of pyridine rings is 1. The third-order valence-electron chi connectivity index (χ3n) is 4.95. The number of aromatic hydroxyl groups is 1. The molecule has 0 unspecified atom stereocenters. The van der Waals surface area contributed by atoms with Gasteiger partial charge >= 0.3 is 6.18 Å². The van der Waals surface area contributed by atoms with E-state index in [1.54, 1.807) is 48.5 Å². The van der Waals surface area contributed by atoms with Crippen molar-refractivity contribution in [2.24, 2.45) is 4.99 Å². The van der Waals surface area contributed by atoms with Gasteiger partial charge in [0.15, 0.2) is 0 Å². The highest BCUT2D eigenvalue weighted by Gasteiger charge is 2.31. The molecule has 1 N–H and O–H groups in total. The molecule has 32 heavy (non-hydrogen) atoms. The monoisotopic (exact) mass is 438 g/mol. The lowest BCUT2D eigenvalue weighted by Crippen LogP contribution is -2.20. The molecule has 1 aromatic heterocycles. The van der Waals surface area contributed by atoms with Gasteiger partial charge < -0.3 is 9.84 Å². The average molecular weight is 438 g/mol. The van der Waals surface area contributed by atoms with Crippen LogP contribution in [-0.4, -0.2) is 23.0 Å². The first kappa shape index (κ1) is 21.2. The fourth-order valence-corrected chi connectivity index (χ4v) is 3.42. The second kappa shape index (κ2) is 8.22. The number of methoxy groups -OCH3 is 1. The molecule has 0 aliphatic carbocycles. The Morgan fingerprint density at radius 2 is 1.66 bits per heavy atom. The minimum absolute atomic E-state index is 0.111. The summed E-state index contributed by atoms with van der Waals surface area (Å²) in [6, 6.07) is 17.7. The highest BCUT2D eigenvalue weighted by Crippen LogP contribution is 2.33. The van der Waals surface area contributed by atoms with E-state index in [0.29, 0.717) is 16.8 Å². The zero-order valence-corrected chi connectivity index (χ0v) is 16.8. The molecule has 8 heteroatoms. The maximum atomic E-state index is 13.2. The van der Waals surface area contributed by atoms with E-state index in [1.807, 2.05) is 0 Å². The van der Waals surface area contributed by atoms with Gasteiger partial charge in [0.05, 0.1) is 23.9 Å². The molecule has 0 radical (unpaired) electrons. The van der Waals surface area contributed by atoms with Gasteiger partial charge in [-0.15, -0.1) is 0 Å². The van der Waals surface area contributed by atoms with Gasteiger partial charge in [0.25, 0.3) is 5.56 Å². The van der Waals surface area contributed by atoms with E-state index in [1.165, 1.54) is 25.5 Å². The van der Waals surface area contributed by atoms with Crippen LogP contribution in [0.2, 0.25) is 0 Å². The highest BCUT2D eigenvalue weighted by atomic mass is 19.4. The van der Waals surface area contributed by atoms with Crippen LogP contribution < -0.4 is 10.3 Å². The van der Waals surface area contributed by atoms with Crippen LogP contribution >= 0.6 is 0 Å². The number of nitrogens with zero attached hydrogens (tertiary/aromatic N) is 2. The molecule has 1 heterocycles. The van der Waals surface area contributed by atoms with Gasteiger partial charge in [-0.05, 0) is 36.4 Å².